The fourth-order valence-corrected chi connectivity index (χ4v) is 1.11. The van der Waals surface area contributed by atoms with Crippen molar-refractivity contribution >= 4 is 0 Å². The van der Waals surface area contributed by atoms with Gasteiger partial charge in [0.15, 0.2) is 12.6 Å². The Morgan fingerprint density at radius 3 is 1.14 bits per heavy atom. The summed E-state index contributed by atoms with van der Waals surface area (Å²) in [7, 11) is 9.53. The molecule has 0 fully saturated rings. The zero-order valence-corrected chi connectivity index (χ0v) is 14.7. The molecule has 0 saturated carbocycles. The van der Waals surface area contributed by atoms with E-state index < -0.39 is 0 Å². The molecule has 0 aliphatic rings. The Morgan fingerprint density at radius 1 is 0.500 bits per heavy atom. The fourth-order valence-electron chi connectivity index (χ4n) is 1.11. The molecule has 22 heavy (non-hydrogen) atoms. The fraction of sp³-hybridized carbons (Fsp3) is 1.00. The van der Waals surface area contributed by atoms with Crippen LogP contribution in [0, 0.1) is 0 Å². The molecular formula is C14H32O8. The molecule has 0 rings (SSSR count). The van der Waals surface area contributed by atoms with Gasteiger partial charge in [0.05, 0.1) is 39.6 Å². The lowest BCUT2D eigenvalue weighted by Crippen LogP contribution is -2.26. The number of ether oxygens (including phenoxy) is 8. The maximum atomic E-state index is 5.22. The highest BCUT2D eigenvalue weighted by molar-refractivity contribution is 4.42. The zero-order valence-electron chi connectivity index (χ0n) is 14.7. The highest BCUT2D eigenvalue weighted by Crippen LogP contribution is 1.96. The molecule has 0 aliphatic heterocycles. The maximum absolute atomic E-state index is 5.22. The van der Waals surface area contributed by atoms with E-state index in [0.717, 1.165) is 0 Å². The van der Waals surface area contributed by atoms with E-state index in [1.165, 1.54) is 0 Å². The van der Waals surface area contributed by atoms with Crippen molar-refractivity contribution in [3.63, 3.8) is 0 Å². The molecule has 0 unspecified atom stereocenters. The molecule has 0 aromatic carbocycles. The van der Waals surface area contributed by atoms with Crippen molar-refractivity contribution in [2.45, 2.75) is 12.6 Å². The Bertz CT molecular complexity index is 168. The summed E-state index contributed by atoms with van der Waals surface area (Å²) in [6.07, 6.45) is -0.677. The van der Waals surface area contributed by atoms with Gasteiger partial charge in [0.25, 0.3) is 0 Å². The molecule has 0 aromatic rings. The van der Waals surface area contributed by atoms with E-state index in [1.54, 1.807) is 42.7 Å². The van der Waals surface area contributed by atoms with Crippen molar-refractivity contribution in [2.24, 2.45) is 0 Å². The summed E-state index contributed by atoms with van der Waals surface area (Å²) in [4.78, 5) is 0. The monoisotopic (exact) mass is 328 g/mol. The molecule has 0 aromatic heterocycles. The highest BCUT2D eigenvalue weighted by Gasteiger charge is 2.08. The minimum Gasteiger partial charge on any atom is -0.382 e. The van der Waals surface area contributed by atoms with Crippen molar-refractivity contribution in [1.29, 1.82) is 0 Å². The number of methoxy groups -OCH3 is 6. The van der Waals surface area contributed by atoms with E-state index in [-0.39, 0.29) is 12.6 Å². The van der Waals surface area contributed by atoms with Gasteiger partial charge in [-0.3, -0.25) is 0 Å². The second-order valence-corrected chi connectivity index (χ2v) is 3.94. The standard InChI is InChI=1S/C8H18O5.C6H14O3/c1-9-7(10-2)5-13-6-8(11-3)12-4;1-7-3-5-9-6-4-8-2/h7-8H,5-6H2,1-4H3;3-6H2,1-2H3. The summed E-state index contributed by atoms with van der Waals surface area (Å²) in [5.74, 6) is 0. The van der Waals surface area contributed by atoms with Crippen LogP contribution in [0.25, 0.3) is 0 Å². The number of rotatable bonds is 14. The van der Waals surface area contributed by atoms with Gasteiger partial charge in [-0.1, -0.05) is 0 Å². The minimum atomic E-state index is -0.339. The third-order valence-corrected chi connectivity index (χ3v) is 2.42. The molecule has 0 amide bonds. The van der Waals surface area contributed by atoms with Gasteiger partial charge in [0, 0.05) is 42.7 Å². The average Bonchev–Trinajstić information content (AvgIpc) is 2.56. The van der Waals surface area contributed by atoms with Gasteiger partial charge in [-0.05, 0) is 0 Å². The van der Waals surface area contributed by atoms with Gasteiger partial charge in [-0.15, -0.1) is 0 Å². The first-order chi connectivity index (χ1) is 10.7. The quantitative estimate of drug-likeness (QED) is 0.338. The Balaban J connectivity index is 0. The molecule has 136 valence electrons. The SMILES string of the molecule is COC(COCC(OC)OC)OC.COCCOCCOC. The van der Waals surface area contributed by atoms with Gasteiger partial charge >= 0.3 is 0 Å². The number of hydrogen-bond donors (Lipinski definition) is 0. The summed E-state index contributed by atoms with van der Waals surface area (Å²) < 4.78 is 39.5. The van der Waals surface area contributed by atoms with E-state index in [2.05, 4.69) is 0 Å². The van der Waals surface area contributed by atoms with Crippen LogP contribution in [-0.4, -0.2) is 94.9 Å². The molecular weight excluding hydrogens is 296 g/mol. The van der Waals surface area contributed by atoms with Gasteiger partial charge in [0.2, 0.25) is 0 Å². The maximum Gasteiger partial charge on any atom is 0.180 e. The minimum absolute atomic E-state index is 0.339. The normalized spacial score (nSPS) is 10.9. The summed E-state index contributed by atoms with van der Waals surface area (Å²) in [5.41, 5.74) is 0. The summed E-state index contributed by atoms with van der Waals surface area (Å²) in [6, 6.07) is 0. The topological polar surface area (TPSA) is 73.8 Å². The summed E-state index contributed by atoms with van der Waals surface area (Å²) in [6.45, 7) is 3.33. The van der Waals surface area contributed by atoms with Crippen molar-refractivity contribution in [3.8, 4) is 0 Å². The van der Waals surface area contributed by atoms with Crippen LogP contribution in [0.15, 0.2) is 0 Å². The molecule has 8 heteroatoms. The lowest BCUT2D eigenvalue weighted by molar-refractivity contribution is -0.178. The lowest BCUT2D eigenvalue weighted by atomic mass is 10.6. The molecule has 0 heterocycles. The van der Waals surface area contributed by atoms with Crippen LogP contribution in [0.3, 0.4) is 0 Å². The molecule has 0 spiro atoms. The Morgan fingerprint density at radius 2 is 0.864 bits per heavy atom. The van der Waals surface area contributed by atoms with Crippen molar-refractivity contribution < 1.29 is 37.9 Å². The van der Waals surface area contributed by atoms with E-state index in [9.17, 15) is 0 Å². The van der Waals surface area contributed by atoms with Crippen LogP contribution < -0.4 is 0 Å². The molecule has 0 saturated heterocycles. The van der Waals surface area contributed by atoms with Gasteiger partial charge in [-0.25, -0.2) is 0 Å². The first kappa shape index (κ1) is 23.9. The molecule has 0 radical (unpaired) electrons. The van der Waals surface area contributed by atoms with Crippen LogP contribution in [0.5, 0.6) is 0 Å². The molecule has 0 bridgehead atoms. The van der Waals surface area contributed by atoms with Crippen LogP contribution in [0.4, 0.5) is 0 Å². The Kier molecular flexibility index (Phi) is 22.5. The van der Waals surface area contributed by atoms with Crippen molar-refractivity contribution in [1.82, 2.24) is 0 Å². The Hall–Kier alpha value is -0.320. The molecule has 0 atom stereocenters. The van der Waals surface area contributed by atoms with E-state index in [0.29, 0.717) is 39.6 Å². The van der Waals surface area contributed by atoms with E-state index in [4.69, 9.17) is 37.9 Å². The van der Waals surface area contributed by atoms with E-state index in [1.807, 2.05) is 0 Å². The predicted octanol–water partition coefficient (Wildman–Crippen LogP) is 0.537. The first-order valence-electron chi connectivity index (χ1n) is 6.94. The summed E-state index contributed by atoms with van der Waals surface area (Å²) >= 11 is 0. The highest BCUT2D eigenvalue weighted by atomic mass is 16.7. The van der Waals surface area contributed by atoms with Crippen LogP contribution in [0.2, 0.25) is 0 Å². The third-order valence-electron chi connectivity index (χ3n) is 2.42. The van der Waals surface area contributed by atoms with Crippen LogP contribution in [-0.2, 0) is 37.9 Å². The molecule has 0 aliphatic carbocycles. The zero-order chi connectivity index (χ0) is 17.1. The van der Waals surface area contributed by atoms with Gasteiger partial charge in [0.1, 0.15) is 0 Å². The van der Waals surface area contributed by atoms with Gasteiger partial charge in [-0.2, -0.15) is 0 Å². The second-order valence-electron chi connectivity index (χ2n) is 3.94. The largest absolute Gasteiger partial charge is 0.382 e. The molecule has 0 N–H and O–H groups in total. The lowest BCUT2D eigenvalue weighted by Gasteiger charge is -2.16. The second kappa shape index (κ2) is 20.7. The smallest absolute Gasteiger partial charge is 0.180 e. The third kappa shape index (κ3) is 17.7. The predicted molar refractivity (Wildman–Crippen MR) is 81.0 cm³/mol. The average molecular weight is 328 g/mol. The van der Waals surface area contributed by atoms with E-state index >= 15 is 0 Å². The van der Waals surface area contributed by atoms with Crippen molar-refractivity contribution in [3.05, 3.63) is 0 Å². The molecule has 8 nitrogen and oxygen atoms in total. The van der Waals surface area contributed by atoms with Crippen LogP contribution in [0.1, 0.15) is 0 Å². The van der Waals surface area contributed by atoms with Crippen molar-refractivity contribution in [2.75, 3.05) is 82.3 Å². The van der Waals surface area contributed by atoms with Gasteiger partial charge < -0.3 is 37.9 Å². The Labute approximate surface area is 133 Å². The summed E-state index contributed by atoms with van der Waals surface area (Å²) in [5, 5.41) is 0. The first-order valence-corrected chi connectivity index (χ1v) is 6.94. The number of hydrogen-bond acceptors (Lipinski definition) is 8. The van der Waals surface area contributed by atoms with Crippen LogP contribution >= 0.6 is 0 Å².